The van der Waals surface area contributed by atoms with Crippen LogP contribution in [0, 0.1) is 0 Å². The van der Waals surface area contributed by atoms with Gasteiger partial charge in [0, 0.05) is 20.7 Å². The van der Waals surface area contributed by atoms with Crippen molar-refractivity contribution in [3.63, 3.8) is 0 Å². The Labute approximate surface area is 77.8 Å². The van der Waals surface area contributed by atoms with Gasteiger partial charge in [-0.25, -0.2) is 0 Å². The van der Waals surface area contributed by atoms with E-state index < -0.39 is 12.0 Å². The summed E-state index contributed by atoms with van der Waals surface area (Å²) in [5.74, 6) is -0.769. The summed E-state index contributed by atoms with van der Waals surface area (Å²) in [4.78, 5) is 23.3. The predicted molar refractivity (Wildman–Crippen MR) is 47.9 cm³/mol. The van der Waals surface area contributed by atoms with Crippen LogP contribution in [0.15, 0.2) is 0 Å². The van der Waals surface area contributed by atoms with Crippen LogP contribution in [-0.4, -0.2) is 43.5 Å². The van der Waals surface area contributed by atoms with E-state index in [2.05, 4.69) is 0 Å². The minimum Gasteiger partial charge on any atom is -0.370 e. The van der Waals surface area contributed by atoms with Gasteiger partial charge in [0.25, 0.3) is 5.91 Å². The highest BCUT2D eigenvalue weighted by Gasteiger charge is 2.22. The number of carbonyl (C=O) groups excluding carboxylic acids is 2. The van der Waals surface area contributed by atoms with Gasteiger partial charge in [-0.05, 0) is 6.92 Å². The Hall–Kier alpha value is -1.10. The summed E-state index contributed by atoms with van der Waals surface area (Å²) in [6.45, 7) is 2.15. The van der Waals surface area contributed by atoms with Gasteiger partial charge in [-0.1, -0.05) is 0 Å². The topological polar surface area (TPSA) is 72.6 Å². The molecular weight excluding hydrogens is 172 g/mol. The molecule has 0 saturated heterocycles. The predicted octanol–water partition coefficient (Wildman–Crippen LogP) is -0.645. The Bertz CT molecular complexity index is 192. The number of ether oxygens (including phenoxy) is 1. The highest BCUT2D eigenvalue weighted by atomic mass is 16.5. The Kier molecular flexibility index (Phi) is 5.06. The molecule has 0 rings (SSSR count). The van der Waals surface area contributed by atoms with Crippen molar-refractivity contribution in [2.45, 2.75) is 19.4 Å². The lowest BCUT2D eigenvalue weighted by Crippen LogP contribution is -2.38. The van der Waals surface area contributed by atoms with Crippen molar-refractivity contribution in [3.05, 3.63) is 0 Å². The van der Waals surface area contributed by atoms with E-state index in [1.807, 2.05) is 0 Å². The number of hydrogen-bond donors (Lipinski definition) is 1. The summed E-state index contributed by atoms with van der Waals surface area (Å²) >= 11 is 0. The van der Waals surface area contributed by atoms with Crippen molar-refractivity contribution in [2.75, 3.05) is 20.7 Å². The molecule has 0 aromatic heterocycles. The van der Waals surface area contributed by atoms with Crippen molar-refractivity contribution in [1.29, 1.82) is 0 Å². The number of nitrogens with zero attached hydrogens (tertiary/aromatic N) is 1. The molecule has 1 atom stereocenters. The summed E-state index contributed by atoms with van der Waals surface area (Å²) in [5.41, 5.74) is 4.97. The van der Waals surface area contributed by atoms with Gasteiger partial charge in [0.05, 0.1) is 6.42 Å². The maximum atomic E-state index is 11.4. The standard InChI is InChI=1S/C8H16N2O3/c1-4-13-6(5-7(9)11)8(12)10(2)3/h6H,4-5H2,1-3H3,(H2,9,11)/t6-/m0/s1. The second kappa shape index (κ2) is 5.53. The fourth-order valence-electron chi connectivity index (χ4n) is 0.889. The van der Waals surface area contributed by atoms with Crippen LogP contribution in [0.3, 0.4) is 0 Å². The third-order valence-electron chi connectivity index (χ3n) is 1.47. The minimum atomic E-state index is -0.738. The van der Waals surface area contributed by atoms with E-state index in [9.17, 15) is 9.59 Å². The number of amides is 2. The Balaban J connectivity index is 4.23. The lowest BCUT2D eigenvalue weighted by atomic mass is 10.2. The lowest BCUT2D eigenvalue weighted by molar-refractivity contribution is -0.144. The first kappa shape index (κ1) is 11.9. The number of carbonyl (C=O) groups is 2. The van der Waals surface area contributed by atoms with Crippen LogP contribution in [0.1, 0.15) is 13.3 Å². The molecule has 2 N–H and O–H groups in total. The van der Waals surface area contributed by atoms with Crippen molar-refractivity contribution in [2.24, 2.45) is 5.73 Å². The van der Waals surface area contributed by atoms with Crippen molar-refractivity contribution < 1.29 is 14.3 Å². The van der Waals surface area contributed by atoms with Gasteiger partial charge in [-0.3, -0.25) is 9.59 Å². The van der Waals surface area contributed by atoms with E-state index in [4.69, 9.17) is 10.5 Å². The second-order valence-corrected chi connectivity index (χ2v) is 2.85. The molecule has 0 aliphatic rings. The number of rotatable bonds is 5. The number of nitrogens with two attached hydrogens (primary N) is 1. The minimum absolute atomic E-state index is 0.0646. The molecule has 5 heteroatoms. The van der Waals surface area contributed by atoms with E-state index in [1.54, 1.807) is 21.0 Å². The molecular formula is C8H16N2O3. The molecule has 0 aliphatic heterocycles. The Morgan fingerprint density at radius 1 is 1.46 bits per heavy atom. The third-order valence-corrected chi connectivity index (χ3v) is 1.47. The van der Waals surface area contributed by atoms with Crippen LogP contribution in [0.5, 0.6) is 0 Å². The average molecular weight is 188 g/mol. The van der Waals surface area contributed by atoms with Gasteiger partial charge >= 0.3 is 0 Å². The maximum absolute atomic E-state index is 11.4. The molecule has 0 bridgehead atoms. The maximum Gasteiger partial charge on any atom is 0.251 e. The van der Waals surface area contributed by atoms with Crippen LogP contribution >= 0.6 is 0 Å². The summed E-state index contributed by atoms with van der Waals surface area (Å²) in [6, 6.07) is 0. The summed E-state index contributed by atoms with van der Waals surface area (Å²) in [7, 11) is 3.21. The molecule has 13 heavy (non-hydrogen) atoms. The zero-order chi connectivity index (χ0) is 10.4. The first-order chi connectivity index (χ1) is 5.99. The normalized spacial score (nSPS) is 12.2. The molecule has 0 unspecified atom stereocenters. The molecule has 0 aromatic carbocycles. The number of primary amides is 1. The van der Waals surface area contributed by atoms with E-state index >= 15 is 0 Å². The molecule has 0 spiro atoms. The lowest BCUT2D eigenvalue weighted by Gasteiger charge is -2.18. The smallest absolute Gasteiger partial charge is 0.251 e. The van der Waals surface area contributed by atoms with Gasteiger partial charge in [0.15, 0.2) is 0 Å². The van der Waals surface area contributed by atoms with Gasteiger partial charge < -0.3 is 15.4 Å². The average Bonchev–Trinajstić information content (AvgIpc) is 2.01. The molecule has 0 aliphatic carbocycles. The molecule has 0 fully saturated rings. The van der Waals surface area contributed by atoms with Gasteiger partial charge in [0.1, 0.15) is 6.10 Å². The first-order valence-electron chi connectivity index (χ1n) is 4.10. The molecule has 0 saturated carbocycles. The molecule has 2 amide bonds. The summed E-state index contributed by atoms with van der Waals surface area (Å²) in [6.07, 6.45) is -0.803. The highest BCUT2D eigenvalue weighted by Crippen LogP contribution is 2.01. The number of hydrogen-bond acceptors (Lipinski definition) is 3. The first-order valence-corrected chi connectivity index (χ1v) is 4.10. The Morgan fingerprint density at radius 2 is 2.00 bits per heavy atom. The highest BCUT2D eigenvalue weighted by molar-refractivity contribution is 5.86. The molecule has 76 valence electrons. The molecule has 5 nitrogen and oxygen atoms in total. The molecule has 0 heterocycles. The fraction of sp³-hybridized carbons (Fsp3) is 0.750. The van der Waals surface area contributed by atoms with Crippen LogP contribution in [-0.2, 0) is 14.3 Å². The number of likely N-dealkylation sites (N-methyl/N-ethyl adjacent to an activating group) is 1. The quantitative estimate of drug-likeness (QED) is 0.623. The molecule has 0 aromatic rings. The summed E-state index contributed by atoms with van der Waals surface area (Å²) in [5, 5.41) is 0. The monoisotopic (exact) mass is 188 g/mol. The van der Waals surface area contributed by atoms with E-state index in [0.717, 1.165) is 0 Å². The zero-order valence-electron chi connectivity index (χ0n) is 8.24. The molecule has 0 radical (unpaired) electrons. The second-order valence-electron chi connectivity index (χ2n) is 2.85. The van der Waals surface area contributed by atoms with E-state index in [0.29, 0.717) is 6.61 Å². The van der Waals surface area contributed by atoms with E-state index in [-0.39, 0.29) is 12.3 Å². The van der Waals surface area contributed by atoms with Crippen LogP contribution in [0.4, 0.5) is 0 Å². The zero-order valence-corrected chi connectivity index (χ0v) is 8.24. The fourth-order valence-corrected chi connectivity index (χ4v) is 0.889. The SMILES string of the molecule is CCO[C@@H](CC(N)=O)C(=O)N(C)C. The van der Waals surface area contributed by atoms with Gasteiger partial charge in [-0.2, -0.15) is 0 Å². The van der Waals surface area contributed by atoms with Crippen molar-refractivity contribution in [3.8, 4) is 0 Å². The van der Waals surface area contributed by atoms with Crippen LogP contribution < -0.4 is 5.73 Å². The van der Waals surface area contributed by atoms with Crippen LogP contribution in [0.25, 0.3) is 0 Å². The van der Waals surface area contributed by atoms with Crippen molar-refractivity contribution in [1.82, 2.24) is 4.90 Å². The summed E-state index contributed by atoms with van der Waals surface area (Å²) < 4.78 is 5.08. The van der Waals surface area contributed by atoms with Gasteiger partial charge in [0.2, 0.25) is 5.91 Å². The van der Waals surface area contributed by atoms with Gasteiger partial charge in [-0.15, -0.1) is 0 Å². The van der Waals surface area contributed by atoms with E-state index in [1.165, 1.54) is 4.90 Å². The Morgan fingerprint density at radius 3 is 2.31 bits per heavy atom. The van der Waals surface area contributed by atoms with Crippen LogP contribution in [0.2, 0.25) is 0 Å². The largest absolute Gasteiger partial charge is 0.370 e. The third kappa shape index (κ3) is 4.47. The van der Waals surface area contributed by atoms with Crippen molar-refractivity contribution >= 4 is 11.8 Å².